The molecule has 139 valence electrons. The predicted octanol–water partition coefficient (Wildman–Crippen LogP) is 2.07. The summed E-state index contributed by atoms with van der Waals surface area (Å²) >= 11 is 8.75. The first kappa shape index (κ1) is 22.5. The Morgan fingerprint density at radius 1 is 0.560 bits per heavy atom. The summed E-state index contributed by atoms with van der Waals surface area (Å²) in [7, 11) is 0. The van der Waals surface area contributed by atoms with Gasteiger partial charge in [0.15, 0.2) is 44.6 Å². The minimum Gasteiger partial charge on any atom is -0.504 e. The van der Waals surface area contributed by atoms with E-state index in [4.69, 9.17) is 40.9 Å². The van der Waals surface area contributed by atoms with Crippen molar-refractivity contribution in [3.05, 3.63) is 35.4 Å². The van der Waals surface area contributed by atoms with Gasteiger partial charge in [0.05, 0.1) is 0 Å². The smallest absolute Gasteiger partial charge is 0.200 e. The number of rotatable bonds is 2. The van der Waals surface area contributed by atoms with Crippen LogP contribution in [0.3, 0.4) is 0 Å². The first-order valence-corrected chi connectivity index (χ1v) is 6.82. The Kier molecular flexibility index (Phi) is 8.24. The summed E-state index contributed by atoms with van der Waals surface area (Å²) in [5.41, 5.74) is 0.163. The van der Waals surface area contributed by atoms with Crippen LogP contribution in [0.1, 0.15) is 11.1 Å². The van der Waals surface area contributed by atoms with Crippen LogP contribution in [0.2, 0.25) is 0 Å². The number of thiocarbonyl (C=S) groups is 2. The summed E-state index contributed by atoms with van der Waals surface area (Å²) in [6.45, 7) is 0. The zero-order valence-corrected chi connectivity index (χ0v) is 14.6. The summed E-state index contributed by atoms with van der Waals surface area (Å²) in [5.74, 6) is -3.37. The van der Waals surface area contributed by atoms with Gasteiger partial charge in [-0.15, -0.1) is 0 Å². The number of aromatic hydroxyl groups is 6. The van der Waals surface area contributed by atoms with E-state index in [9.17, 15) is 0 Å². The maximum absolute atomic E-state index is 8.95. The quantitative estimate of drug-likeness (QED) is 0.199. The molecule has 0 fully saturated rings. The van der Waals surface area contributed by atoms with E-state index < -0.39 is 44.6 Å². The molecule has 0 aromatic heterocycles. The molecule has 2 aromatic carbocycles. The molecule has 2 rings (SSSR count). The first-order valence-electron chi connectivity index (χ1n) is 6.01. The van der Waals surface area contributed by atoms with Crippen molar-refractivity contribution in [2.24, 2.45) is 0 Å². The van der Waals surface area contributed by atoms with E-state index in [1.54, 1.807) is 0 Å². The van der Waals surface area contributed by atoms with Gasteiger partial charge >= 0.3 is 0 Å². The molecule has 0 aliphatic carbocycles. The maximum Gasteiger partial charge on any atom is 0.200 e. The van der Waals surface area contributed by atoms with Crippen LogP contribution < -0.4 is 0 Å². The summed E-state index contributed by atoms with van der Waals surface area (Å²) in [4.78, 5) is 0. The molecule has 0 spiro atoms. The fourth-order valence-corrected chi connectivity index (χ4v) is 1.69. The molecule has 8 N–H and O–H groups in total. The normalized spacial score (nSPS) is 9.28. The van der Waals surface area contributed by atoms with Crippen molar-refractivity contribution in [3.8, 4) is 34.5 Å². The van der Waals surface area contributed by atoms with Crippen LogP contribution in [0, 0.1) is 0 Å². The van der Waals surface area contributed by atoms with Crippen molar-refractivity contribution in [2.75, 3.05) is 0 Å². The predicted molar refractivity (Wildman–Crippen MR) is 91.5 cm³/mol. The van der Waals surface area contributed by atoms with E-state index in [1.165, 1.54) is 0 Å². The molecule has 0 bridgehead atoms. The molecule has 0 saturated heterocycles. The Balaban J connectivity index is 0.000000443. The fraction of sp³-hybridized carbons (Fsp3) is 0. The number of benzene rings is 2. The zero-order valence-electron chi connectivity index (χ0n) is 12.0. The number of hydrogen-bond donors (Lipinski definition) is 8. The maximum atomic E-state index is 8.95. The monoisotopic (exact) mass is 435 g/mol. The Hall–Kier alpha value is -2.46. The summed E-state index contributed by atoms with van der Waals surface area (Å²) < 4.78 is 0. The van der Waals surface area contributed by atoms with Crippen molar-refractivity contribution in [3.63, 3.8) is 0 Å². The zero-order chi connectivity index (χ0) is 18.6. The summed E-state index contributed by atoms with van der Waals surface area (Å²) in [6, 6.07) is 4.21. The molecule has 0 heterocycles. The Labute approximate surface area is 162 Å². The van der Waals surface area contributed by atoms with Crippen molar-refractivity contribution in [1.82, 2.24) is 0 Å². The van der Waals surface area contributed by atoms with Gasteiger partial charge in [0.25, 0.3) is 0 Å². The molecule has 0 saturated carbocycles. The van der Waals surface area contributed by atoms with Crippen molar-refractivity contribution in [2.45, 2.75) is 0 Å². The van der Waals surface area contributed by atoms with Gasteiger partial charge in [-0.25, -0.2) is 0 Å². The van der Waals surface area contributed by atoms with Gasteiger partial charge in [-0.1, -0.05) is 0 Å². The second-order valence-electron chi connectivity index (χ2n) is 4.34. The molecule has 0 unspecified atom stereocenters. The van der Waals surface area contributed by atoms with Crippen molar-refractivity contribution in [1.29, 1.82) is 0 Å². The largest absolute Gasteiger partial charge is 0.504 e. The SMILES string of the molecule is OC(=S)c1cc(O)c(O)c(O)c1.OC(=S)c1cc(O)c(O)c(O)c1.[Cu]. The van der Waals surface area contributed by atoms with Crippen LogP contribution in [0.5, 0.6) is 34.5 Å². The van der Waals surface area contributed by atoms with Crippen LogP contribution in [-0.2, 0) is 17.1 Å². The summed E-state index contributed by atoms with van der Waals surface area (Å²) in [5, 5.41) is 70.2. The van der Waals surface area contributed by atoms with Gasteiger partial charge in [-0.2, -0.15) is 0 Å². The third-order valence-electron chi connectivity index (χ3n) is 2.63. The molecular weight excluding hydrogens is 424 g/mol. The van der Waals surface area contributed by atoms with E-state index >= 15 is 0 Å². The molecule has 0 aliphatic heterocycles. The Bertz CT molecular complexity index is 696. The van der Waals surface area contributed by atoms with Gasteiger partial charge in [0.2, 0.25) is 0 Å². The van der Waals surface area contributed by atoms with Gasteiger partial charge in [0.1, 0.15) is 0 Å². The molecule has 25 heavy (non-hydrogen) atoms. The minimum atomic E-state index is -0.630. The standard InChI is InChI=1S/2C7H6O4S.Cu/c2*8-4-1-3(7(11)12)2-5(9)6(4)10;/h2*1-2,8-10H,(H,11,12);. The average Bonchev–Trinajstić information content (AvgIpc) is 2.49. The molecule has 8 nitrogen and oxygen atoms in total. The molecule has 0 amide bonds. The molecule has 11 heteroatoms. The van der Waals surface area contributed by atoms with Gasteiger partial charge in [-0.05, 0) is 48.7 Å². The molecule has 0 aliphatic rings. The Morgan fingerprint density at radius 3 is 0.920 bits per heavy atom. The van der Waals surface area contributed by atoms with Gasteiger partial charge in [0, 0.05) is 28.2 Å². The number of phenolic OH excluding ortho intramolecular Hbond substituents is 6. The Morgan fingerprint density at radius 2 is 0.760 bits per heavy atom. The number of hydrogen-bond acceptors (Lipinski definition) is 8. The molecular formula is C14H12CuO8S2. The van der Waals surface area contributed by atoms with Crippen molar-refractivity contribution < 1.29 is 57.9 Å². The van der Waals surface area contributed by atoms with E-state index in [2.05, 4.69) is 24.4 Å². The van der Waals surface area contributed by atoms with Crippen molar-refractivity contribution >= 4 is 34.5 Å². The van der Waals surface area contributed by atoms with Crippen LogP contribution in [-0.4, -0.2) is 51.0 Å². The van der Waals surface area contributed by atoms with E-state index in [-0.39, 0.29) is 28.2 Å². The fourth-order valence-electron chi connectivity index (χ4n) is 1.46. The van der Waals surface area contributed by atoms with Gasteiger partial charge < -0.3 is 40.9 Å². The van der Waals surface area contributed by atoms with E-state index in [0.29, 0.717) is 0 Å². The molecule has 1 radical (unpaired) electrons. The number of aliphatic hydroxyl groups excluding tert-OH is 2. The van der Waals surface area contributed by atoms with E-state index in [1.807, 2.05) is 0 Å². The van der Waals surface area contributed by atoms with Crippen LogP contribution in [0.25, 0.3) is 0 Å². The minimum absolute atomic E-state index is 0. The van der Waals surface area contributed by atoms with Crippen LogP contribution in [0.4, 0.5) is 0 Å². The summed E-state index contributed by atoms with van der Waals surface area (Å²) in [6.07, 6.45) is 0. The second kappa shape index (κ2) is 9.13. The van der Waals surface area contributed by atoms with Gasteiger partial charge in [-0.3, -0.25) is 0 Å². The first-order chi connectivity index (χ1) is 11.0. The topological polar surface area (TPSA) is 162 Å². The number of phenols is 6. The second-order valence-corrected chi connectivity index (χ2v) is 5.11. The number of aliphatic hydroxyl groups is 2. The third kappa shape index (κ3) is 5.84. The third-order valence-corrected chi connectivity index (χ3v) is 3.10. The average molecular weight is 436 g/mol. The van der Waals surface area contributed by atoms with Crippen LogP contribution >= 0.6 is 24.4 Å². The van der Waals surface area contributed by atoms with E-state index in [0.717, 1.165) is 24.3 Å². The van der Waals surface area contributed by atoms with Crippen LogP contribution in [0.15, 0.2) is 24.3 Å². The molecule has 0 atom stereocenters. The molecule has 2 aromatic rings.